The molecule has 4 aromatic carbocycles. The predicted molar refractivity (Wildman–Crippen MR) is 155 cm³/mol. The molecule has 0 aliphatic heterocycles. The molecule has 0 aliphatic carbocycles. The summed E-state index contributed by atoms with van der Waals surface area (Å²) in [5.74, 6) is -1.47. The van der Waals surface area contributed by atoms with Gasteiger partial charge in [-0.2, -0.15) is 0 Å². The topological polar surface area (TPSA) is 84.5 Å². The van der Waals surface area contributed by atoms with Crippen LogP contribution in [0.2, 0.25) is 5.02 Å². The van der Waals surface area contributed by atoms with Gasteiger partial charge in [-0.1, -0.05) is 54.1 Å². The Labute approximate surface area is 235 Å². The fourth-order valence-electron chi connectivity index (χ4n) is 3.66. The van der Waals surface area contributed by atoms with Crippen molar-refractivity contribution in [2.75, 3.05) is 12.4 Å². The molecule has 0 radical (unpaired) electrons. The first kappa shape index (κ1) is 28.0. The number of hydrogen-bond donors (Lipinski definition) is 2. The highest BCUT2D eigenvalue weighted by molar-refractivity contribution is 6.32. The van der Waals surface area contributed by atoms with E-state index in [1.807, 2.05) is 18.2 Å². The van der Waals surface area contributed by atoms with Crippen molar-refractivity contribution in [2.24, 2.45) is 0 Å². The molecule has 0 aromatic heterocycles. The van der Waals surface area contributed by atoms with Gasteiger partial charge in [-0.25, -0.2) is 4.39 Å². The second-order valence-electron chi connectivity index (χ2n) is 8.52. The maximum absolute atomic E-state index is 14.5. The number of methoxy groups -OCH3 is 1. The fourth-order valence-corrected chi connectivity index (χ4v) is 3.88. The van der Waals surface area contributed by atoms with E-state index < -0.39 is 17.6 Å². The molecule has 0 saturated heterocycles. The van der Waals surface area contributed by atoms with Crippen molar-refractivity contribution in [3.63, 3.8) is 0 Å². The van der Waals surface area contributed by atoms with Gasteiger partial charge in [0.25, 0.3) is 11.8 Å². The molecule has 8 heteroatoms. The van der Waals surface area contributed by atoms with Crippen molar-refractivity contribution < 1.29 is 23.5 Å². The van der Waals surface area contributed by atoms with Gasteiger partial charge < -0.3 is 15.4 Å². The predicted octanol–water partition coefficient (Wildman–Crippen LogP) is 6.79. The van der Waals surface area contributed by atoms with Gasteiger partial charge in [-0.3, -0.25) is 14.4 Å². The molecule has 4 rings (SSSR count). The van der Waals surface area contributed by atoms with E-state index in [1.54, 1.807) is 73.8 Å². The summed E-state index contributed by atoms with van der Waals surface area (Å²) >= 11 is 6.15. The maximum atomic E-state index is 14.5. The van der Waals surface area contributed by atoms with Crippen molar-refractivity contribution in [1.29, 1.82) is 0 Å². The summed E-state index contributed by atoms with van der Waals surface area (Å²) in [6.45, 7) is 0. The van der Waals surface area contributed by atoms with Crippen LogP contribution in [0.25, 0.3) is 12.2 Å². The fraction of sp³-hybridized carbons (Fsp3) is 0.0312. The molecule has 0 heterocycles. The molecule has 0 spiro atoms. The van der Waals surface area contributed by atoms with E-state index in [0.717, 1.165) is 5.56 Å². The number of carbonyl (C=O) groups is 3. The second-order valence-corrected chi connectivity index (χ2v) is 8.93. The quantitative estimate of drug-likeness (QED) is 0.176. The van der Waals surface area contributed by atoms with Gasteiger partial charge in [0.05, 0.1) is 12.1 Å². The lowest BCUT2D eigenvalue weighted by atomic mass is 10.1. The summed E-state index contributed by atoms with van der Waals surface area (Å²) in [6.07, 6.45) is 4.30. The molecular weight excluding hydrogens is 531 g/mol. The van der Waals surface area contributed by atoms with E-state index >= 15 is 0 Å². The van der Waals surface area contributed by atoms with Gasteiger partial charge in [0.1, 0.15) is 17.3 Å². The minimum Gasteiger partial charge on any atom is -0.497 e. The van der Waals surface area contributed by atoms with Gasteiger partial charge in [-0.05, 0) is 78.4 Å². The largest absolute Gasteiger partial charge is 0.497 e. The first-order valence-electron chi connectivity index (χ1n) is 12.1. The lowest BCUT2D eigenvalue weighted by molar-refractivity contribution is -0.113. The standard InChI is InChI=1S/C32H24ClFN2O4/c1-40-25-10-5-7-21(19-25)13-18-30(37)22-14-16-24(17-15-22)35-32(39)29(20-26-27(33)11-6-12-28(26)34)36-31(38)23-8-3-2-4-9-23/h2-20H,1H3,(H,35,39)(H,36,38)/b18-13+,29-20-. The van der Waals surface area contributed by atoms with Crippen LogP contribution in [0, 0.1) is 5.82 Å². The Bertz CT molecular complexity index is 1580. The number of ether oxygens (including phenoxy) is 1. The van der Waals surface area contributed by atoms with Crippen molar-refractivity contribution in [2.45, 2.75) is 0 Å². The molecule has 4 aromatic rings. The number of amides is 2. The molecule has 0 aliphatic rings. The normalized spacial score (nSPS) is 11.2. The van der Waals surface area contributed by atoms with Gasteiger partial charge in [0, 0.05) is 22.4 Å². The Kier molecular flexibility index (Phi) is 9.23. The molecule has 0 atom stereocenters. The molecule has 2 N–H and O–H groups in total. The number of nitrogens with one attached hydrogen (secondary N) is 2. The maximum Gasteiger partial charge on any atom is 0.272 e. The zero-order chi connectivity index (χ0) is 28.5. The average molecular weight is 555 g/mol. The van der Waals surface area contributed by atoms with E-state index in [-0.39, 0.29) is 22.1 Å². The van der Waals surface area contributed by atoms with Gasteiger partial charge in [0.2, 0.25) is 0 Å². The van der Waals surface area contributed by atoms with Crippen LogP contribution < -0.4 is 15.4 Å². The summed E-state index contributed by atoms with van der Waals surface area (Å²) in [4.78, 5) is 38.6. The number of benzene rings is 4. The highest BCUT2D eigenvalue weighted by Crippen LogP contribution is 2.22. The summed E-state index contributed by atoms with van der Waals surface area (Å²) < 4.78 is 19.7. The molecule has 0 saturated carbocycles. The molecule has 0 bridgehead atoms. The lowest BCUT2D eigenvalue weighted by Gasteiger charge is -2.12. The van der Waals surface area contributed by atoms with Gasteiger partial charge in [-0.15, -0.1) is 0 Å². The van der Waals surface area contributed by atoms with Crippen LogP contribution in [0.4, 0.5) is 10.1 Å². The summed E-state index contributed by atoms with van der Waals surface area (Å²) in [5.41, 5.74) is 1.61. The molecule has 6 nitrogen and oxygen atoms in total. The summed E-state index contributed by atoms with van der Waals surface area (Å²) in [6, 6.07) is 25.9. The second kappa shape index (κ2) is 13.2. The third-order valence-electron chi connectivity index (χ3n) is 5.77. The molecule has 2 amide bonds. The number of allylic oxidation sites excluding steroid dienone is 1. The number of carbonyl (C=O) groups excluding carboxylic acids is 3. The monoisotopic (exact) mass is 554 g/mol. The number of ketones is 1. The van der Waals surface area contributed by atoms with Crippen molar-refractivity contribution in [3.05, 3.63) is 142 Å². The zero-order valence-electron chi connectivity index (χ0n) is 21.4. The van der Waals surface area contributed by atoms with Crippen molar-refractivity contribution in [1.82, 2.24) is 5.32 Å². The first-order valence-corrected chi connectivity index (χ1v) is 12.5. The van der Waals surface area contributed by atoms with E-state index in [0.29, 0.717) is 22.6 Å². The van der Waals surface area contributed by atoms with Crippen LogP contribution in [-0.4, -0.2) is 24.7 Å². The molecule has 0 fully saturated rings. The van der Waals surface area contributed by atoms with Gasteiger partial charge in [0.15, 0.2) is 5.78 Å². The summed E-state index contributed by atoms with van der Waals surface area (Å²) in [7, 11) is 1.57. The van der Waals surface area contributed by atoms with Crippen LogP contribution in [0.5, 0.6) is 5.75 Å². The summed E-state index contributed by atoms with van der Waals surface area (Å²) in [5, 5.41) is 5.28. The smallest absolute Gasteiger partial charge is 0.272 e. The molecule has 40 heavy (non-hydrogen) atoms. The minimum atomic E-state index is -0.708. The van der Waals surface area contributed by atoms with E-state index in [4.69, 9.17) is 16.3 Å². The highest BCUT2D eigenvalue weighted by atomic mass is 35.5. The van der Waals surface area contributed by atoms with Gasteiger partial charge >= 0.3 is 0 Å². The number of halogens is 2. The number of anilines is 1. The Morgan fingerprint density at radius 3 is 2.27 bits per heavy atom. The van der Waals surface area contributed by atoms with E-state index in [2.05, 4.69) is 10.6 Å². The Balaban J connectivity index is 1.52. The van der Waals surface area contributed by atoms with E-state index in [9.17, 15) is 18.8 Å². The Morgan fingerprint density at radius 2 is 1.57 bits per heavy atom. The van der Waals surface area contributed by atoms with Crippen LogP contribution in [-0.2, 0) is 4.79 Å². The third kappa shape index (κ3) is 7.30. The first-order chi connectivity index (χ1) is 19.3. The van der Waals surface area contributed by atoms with Crippen LogP contribution in [0.15, 0.2) is 109 Å². The Hall–Kier alpha value is -5.01. The van der Waals surface area contributed by atoms with Crippen molar-refractivity contribution >= 4 is 47.0 Å². The lowest BCUT2D eigenvalue weighted by Crippen LogP contribution is -2.30. The Morgan fingerprint density at radius 1 is 0.850 bits per heavy atom. The number of hydrogen-bond acceptors (Lipinski definition) is 4. The minimum absolute atomic E-state index is 0.0496. The van der Waals surface area contributed by atoms with E-state index in [1.165, 1.54) is 30.4 Å². The van der Waals surface area contributed by atoms with Crippen LogP contribution in [0.3, 0.4) is 0 Å². The molecule has 0 unspecified atom stereocenters. The zero-order valence-corrected chi connectivity index (χ0v) is 22.1. The van der Waals surface area contributed by atoms with Crippen LogP contribution in [0.1, 0.15) is 31.8 Å². The van der Waals surface area contributed by atoms with Crippen molar-refractivity contribution in [3.8, 4) is 5.75 Å². The molecular formula is C32H24ClFN2O4. The third-order valence-corrected chi connectivity index (χ3v) is 6.10. The van der Waals surface area contributed by atoms with Crippen LogP contribution >= 0.6 is 11.6 Å². The number of rotatable bonds is 9. The SMILES string of the molecule is COc1cccc(/C=C/C(=O)c2ccc(NC(=O)/C(=C/c3c(F)cccc3Cl)NC(=O)c3ccccc3)cc2)c1. The average Bonchev–Trinajstić information content (AvgIpc) is 2.98. The highest BCUT2D eigenvalue weighted by Gasteiger charge is 2.17. The molecule has 200 valence electrons.